The number of hydrogen-bond donors (Lipinski definition) is 2. The van der Waals surface area contributed by atoms with Crippen molar-refractivity contribution in [2.75, 3.05) is 6.61 Å². The summed E-state index contributed by atoms with van der Waals surface area (Å²) in [4.78, 5) is 33.7. The summed E-state index contributed by atoms with van der Waals surface area (Å²) in [7, 11) is 0. The van der Waals surface area contributed by atoms with Gasteiger partial charge in [-0.25, -0.2) is 4.79 Å². The maximum absolute atomic E-state index is 14.4. The second-order valence-corrected chi connectivity index (χ2v) is 16.5. The van der Waals surface area contributed by atoms with Crippen LogP contribution in [-0.4, -0.2) is 45.6 Å². The highest BCUT2D eigenvalue weighted by Crippen LogP contribution is 2.43. The fraction of sp³-hybridized carbons (Fsp3) is 0.260. The molecular formula is C50H49Cl4N3O6. The summed E-state index contributed by atoms with van der Waals surface area (Å²) in [6.07, 6.45) is 2.72. The number of carboxylic acids is 1. The number of carbonyl (C=O) groups is 2. The van der Waals surface area contributed by atoms with E-state index in [-0.39, 0.29) is 49.3 Å². The molecule has 0 spiro atoms. The summed E-state index contributed by atoms with van der Waals surface area (Å²) in [6, 6.07) is 35.3. The molecule has 1 aromatic heterocycles. The first-order chi connectivity index (χ1) is 29.5. The van der Waals surface area contributed by atoms with Crippen molar-refractivity contribution in [1.29, 1.82) is 0 Å². The van der Waals surface area contributed by atoms with Crippen LogP contribution in [0.15, 0.2) is 121 Å². The van der Waals surface area contributed by atoms with Crippen LogP contribution in [0.5, 0.6) is 17.2 Å². The lowest BCUT2D eigenvalue weighted by atomic mass is 9.89. The van der Waals surface area contributed by atoms with E-state index < -0.39 is 18.1 Å². The molecule has 0 fully saturated rings. The fourth-order valence-electron chi connectivity index (χ4n) is 8.30. The number of carboxylic acid groups (broad SMARTS) is 1. The Hall–Kier alpha value is -5.29. The minimum absolute atomic E-state index is 0. The van der Waals surface area contributed by atoms with Gasteiger partial charge in [0.1, 0.15) is 25.0 Å². The van der Waals surface area contributed by atoms with E-state index in [2.05, 4.69) is 34.3 Å². The highest BCUT2D eigenvalue weighted by molar-refractivity contribution is 6.42. The molecule has 0 unspecified atom stereocenters. The molecule has 328 valence electrons. The number of aryl methyl sites for hydroxylation is 1. The summed E-state index contributed by atoms with van der Waals surface area (Å²) in [5, 5.41) is 14.3. The molecule has 4 atom stereocenters. The van der Waals surface area contributed by atoms with E-state index >= 15 is 0 Å². The second kappa shape index (κ2) is 20.9. The summed E-state index contributed by atoms with van der Waals surface area (Å²) in [5.41, 5.74) is 9.92. The van der Waals surface area contributed by atoms with E-state index in [1.165, 1.54) is 0 Å². The molecule has 0 radical (unpaired) electrons. The molecule has 2 aliphatic rings. The van der Waals surface area contributed by atoms with Crippen molar-refractivity contribution in [3.63, 3.8) is 0 Å². The number of hydrogen-bond acceptors (Lipinski definition) is 7. The Morgan fingerprint density at radius 2 is 1.59 bits per heavy atom. The summed E-state index contributed by atoms with van der Waals surface area (Å²) in [5.74, 6) is 0.542. The lowest BCUT2D eigenvalue weighted by Gasteiger charge is -2.42. The van der Waals surface area contributed by atoms with E-state index in [1.54, 1.807) is 18.3 Å². The lowest BCUT2D eigenvalue weighted by Crippen LogP contribution is -2.55. The van der Waals surface area contributed by atoms with Gasteiger partial charge in [0, 0.05) is 30.9 Å². The van der Waals surface area contributed by atoms with Crippen molar-refractivity contribution in [3.8, 4) is 28.4 Å². The largest absolute Gasteiger partial charge is 0.489 e. The normalized spacial score (nSPS) is 16.3. The zero-order valence-corrected chi connectivity index (χ0v) is 38.2. The molecule has 9 nitrogen and oxygen atoms in total. The number of benzene rings is 5. The number of halogens is 4. The average Bonchev–Trinajstić information content (AvgIpc) is 3.27. The predicted octanol–water partition coefficient (Wildman–Crippen LogP) is 11.3. The number of ether oxygens (including phenoxy) is 3. The van der Waals surface area contributed by atoms with Gasteiger partial charge in [0.15, 0.2) is 17.6 Å². The molecule has 13 heteroatoms. The van der Waals surface area contributed by atoms with E-state index in [4.69, 9.17) is 37.4 Å². The molecule has 0 saturated carbocycles. The summed E-state index contributed by atoms with van der Waals surface area (Å²) >= 11 is 12.2. The smallest absolute Gasteiger partial charge is 0.326 e. The number of amides is 1. The van der Waals surface area contributed by atoms with Crippen LogP contribution >= 0.6 is 48.0 Å². The highest BCUT2D eigenvalue weighted by atomic mass is 35.5. The van der Waals surface area contributed by atoms with Gasteiger partial charge in [0.25, 0.3) is 0 Å². The number of fused-ring (bicyclic) bond motifs is 2. The third-order valence-corrected chi connectivity index (χ3v) is 12.5. The maximum Gasteiger partial charge on any atom is 0.326 e. The summed E-state index contributed by atoms with van der Waals surface area (Å²) in [6.45, 7) is 7.25. The molecule has 63 heavy (non-hydrogen) atoms. The Balaban J connectivity index is 0.00000330. The van der Waals surface area contributed by atoms with Gasteiger partial charge in [-0.05, 0) is 119 Å². The van der Waals surface area contributed by atoms with E-state index in [9.17, 15) is 14.7 Å². The SMILES string of the molecule is CC[C@@H](c1ccccc1)N1Cc2cc3c(cc2C[C@H]1C(=O)N[C@@H](Cc1ccc(-c2ccnc(C)c2C)cc1)C(=O)O)OC[C@H](c1ccc(OCc2ccc(Cl)c(Cl)c2)cc1)O3.Cl.Cl. The first kappa shape index (κ1) is 47.2. The van der Waals surface area contributed by atoms with E-state index in [0.29, 0.717) is 53.5 Å². The van der Waals surface area contributed by atoms with Crippen molar-refractivity contribution in [3.05, 3.63) is 176 Å². The van der Waals surface area contributed by atoms with Crippen LogP contribution < -0.4 is 19.5 Å². The predicted molar refractivity (Wildman–Crippen MR) is 252 cm³/mol. The third kappa shape index (κ3) is 10.7. The minimum Gasteiger partial charge on any atom is -0.489 e. The average molecular weight is 930 g/mol. The van der Waals surface area contributed by atoms with Crippen LogP contribution in [0, 0.1) is 13.8 Å². The van der Waals surface area contributed by atoms with Crippen molar-refractivity contribution in [1.82, 2.24) is 15.2 Å². The quantitative estimate of drug-likeness (QED) is 0.118. The maximum atomic E-state index is 14.4. The van der Waals surface area contributed by atoms with Crippen LogP contribution in [0.1, 0.15) is 70.1 Å². The van der Waals surface area contributed by atoms with Gasteiger partial charge in [0.05, 0.1) is 16.1 Å². The number of aromatic nitrogens is 1. The molecule has 0 saturated heterocycles. The Morgan fingerprint density at radius 3 is 2.29 bits per heavy atom. The van der Waals surface area contributed by atoms with Gasteiger partial charge >= 0.3 is 5.97 Å². The topological polar surface area (TPSA) is 110 Å². The molecular weight excluding hydrogens is 880 g/mol. The highest BCUT2D eigenvalue weighted by Gasteiger charge is 2.39. The van der Waals surface area contributed by atoms with Gasteiger partial charge < -0.3 is 24.6 Å². The minimum atomic E-state index is -1.12. The first-order valence-electron chi connectivity index (χ1n) is 20.5. The number of rotatable bonds is 13. The Kier molecular flexibility index (Phi) is 15.7. The van der Waals surface area contributed by atoms with Crippen molar-refractivity contribution in [2.24, 2.45) is 0 Å². The molecule has 0 aliphatic carbocycles. The monoisotopic (exact) mass is 927 g/mol. The second-order valence-electron chi connectivity index (χ2n) is 15.7. The van der Waals surface area contributed by atoms with Crippen LogP contribution in [0.2, 0.25) is 10.0 Å². The Labute approximate surface area is 390 Å². The molecule has 8 rings (SSSR count). The van der Waals surface area contributed by atoms with Crippen molar-refractivity contribution >= 4 is 59.9 Å². The van der Waals surface area contributed by atoms with Crippen LogP contribution in [-0.2, 0) is 35.6 Å². The molecule has 1 amide bonds. The van der Waals surface area contributed by atoms with Crippen molar-refractivity contribution in [2.45, 2.75) is 77.4 Å². The molecule has 0 bridgehead atoms. The third-order valence-electron chi connectivity index (χ3n) is 11.8. The zero-order chi connectivity index (χ0) is 42.6. The molecule has 5 aromatic carbocycles. The molecule has 2 N–H and O–H groups in total. The van der Waals surface area contributed by atoms with Gasteiger partial charge in [-0.2, -0.15) is 0 Å². The Bertz CT molecular complexity index is 2540. The Morgan fingerprint density at radius 1 is 0.873 bits per heavy atom. The van der Waals surface area contributed by atoms with Gasteiger partial charge in [0.2, 0.25) is 5.91 Å². The summed E-state index contributed by atoms with van der Waals surface area (Å²) < 4.78 is 18.9. The van der Waals surface area contributed by atoms with Crippen molar-refractivity contribution < 1.29 is 28.9 Å². The fourth-order valence-corrected chi connectivity index (χ4v) is 8.62. The number of aliphatic carboxylic acids is 1. The molecule has 2 aliphatic heterocycles. The van der Waals surface area contributed by atoms with Gasteiger partial charge in [-0.15, -0.1) is 24.8 Å². The zero-order valence-electron chi connectivity index (χ0n) is 35.1. The van der Waals surface area contributed by atoms with E-state index in [0.717, 1.165) is 62.2 Å². The van der Waals surface area contributed by atoms with Crippen LogP contribution in [0.25, 0.3) is 11.1 Å². The van der Waals surface area contributed by atoms with Crippen LogP contribution in [0.3, 0.4) is 0 Å². The number of carbonyl (C=O) groups excluding carboxylic acids is 1. The van der Waals surface area contributed by atoms with Gasteiger partial charge in [-0.1, -0.05) is 103 Å². The number of nitrogens with zero attached hydrogens (tertiary/aromatic N) is 2. The van der Waals surface area contributed by atoms with Crippen LogP contribution in [0.4, 0.5) is 0 Å². The number of nitrogens with one attached hydrogen (secondary N) is 1. The lowest BCUT2D eigenvalue weighted by molar-refractivity contribution is -0.143. The molecule has 6 aromatic rings. The number of pyridine rings is 1. The van der Waals surface area contributed by atoms with E-state index in [1.807, 2.05) is 105 Å². The first-order valence-corrected chi connectivity index (χ1v) is 21.3. The standard InChI is InChI=1S/C50H47Cl2N3O6.2ClH/c1-4-44(35-8-6-5-7-9-35)55-27-38-26-47-46(60-29-48(61-47)36-15-17-39(18-16-36)59-28-33-12-19-41(51)42(52)22-33)25-37(38)24-45(55)49(56)54-43(50(57)58)23-32-10-13-34(14-11-32)40-20-21-53-31(3)30(40)2;;/h5-22,25-26,43-45,48H,4,23-24,27-29H2,1-3H3,(H,54,56)(H,57,58);2*1H/t43-,44-,45-,48+;;/m0../s1. The molecule has 3 heterocycles. The van der Waals surface area contributed by atoms with Gasteiger partial charge in [-0.3, -0.25) is 14.7 Å².